The number of hydrogen-bond donors (Lipinski definition) is 5. The van der Waals surface area contributed by atoms with Gasteiger partial charge in [-0.15, -0.1) is 11.3 Å². The number of carbonyl (C=O) groups excluding carboxylic acids is 3. The first kappa shape index (κ1) is 51.4. The average molecular weight is 980 g/mol. The number of fused-ring (bicyclic) bond motifs is 3. The summed E-state index contributed by atoms with van der Waals surface area (Å²) in [7, 11) is 0. The van der Waals surface area contributed by atoms with Crippen molar-refractivity contribution in [1.29, 1.82) is 0 Å². The van der Waals surface area contributed by atoms with Crippen molar-refractivity contribution in [2.24, 2.45) is 5.41 Å². The minimum absolute atomic E-state index is 0.0139. The number of carbonyl (C=O) groups is 3. The Balaban J connectivity index is 0.896. The lowest BCUT2D eigenvalue weighted by Gasteiger charge is -2.43. The number of ether oxygens (including phenoxy) is 1. The summed E-state index contributed by atoms with van der Waals surface area (Å²) in [4.78, 5) is 52.3. The number of alkyl halides is 3. The minimum atomic E-state index is -3.29. The Hall–Kier alpha value is -5.43. The van der Waals surface area contributed by atoms with Gasteiger partial charge in [-0.25, -0.2) is 26.9 Å². The predicted molar refractivity (Wildman–Crippen MR) is 256 cm³/mol. The summed E-state index contributed by atoms with van der Waals surface area (Å²) in [6.45, 7) is 10.6. The Labute approximate surface area is 403 Å². The maximum atomic E-state index is 16.1. The zero-order valence-electron chi connectivity index (χ0n) is 40.0. The maximum Gasteiger partial charge on any atom is 0.252 e. The molecule has 0 radical (unpaired) electrons. The summed E-state index contributed by atoms with van der Waals surface area (Å²) in [5, 5.41) is 19.7. The van der Waals surface area contributed by atoms with Gasteiger partial charge in [-0.3, -0.25) is 19.3 Å². The van der Waals surface area contributed by atoms with Gasteiger partial charge in [-0.1, -0.05) is 63.2 Å². The molecule has 0 bridgehead atoms. The fourth-order valence-corrected chi connectivity index (χ4v) is 10.1. The molecule has 12 nitrogen and oxygen atoms in total. The first-order valence-corrected chi connectivity index (χ1v) is 24.2. The number of aliphatic hydroxyl groups is 1. The molecule has 2 aromatic heterocycles. The second kappa shape index (κ2) is 20.9. The molecule has 2 aliphatic rings. The Morgan fingerprint density at radius 3 is 2.35 bits per heavy atom. The van der Waals surface area contributed by atoms with Gasteiger partial charge < -0.3 is 35.7 Å². The number of halogens is 5. The summed E-state index contributed by atoms with van der Waals surface area (Å²) in [6.07, 6.45) is -1.90. The molecule has 2 aliphatic heterocycles. The van der Waals surface area contributed by atoms with Crippen molar-refractivity contribution in [1.82, 2.24) is 35.7 Å². The lowest BCUT2D eigenvalue weighted by molar-refractivity contribution is -0.144. The number of aromatic amines is 1. The van der Waals surface area contributed by atoms with Crippen LogP contribution < -0.4 is 20.7 Å². The van der Waals surface area contributed by atoms with Crippen LogP contribution >= 0.6 is 11.3 Å². The quantitative estimate of drug-likeness (QED) is 0.0436. The number of benzene rings is 3. The fourth-order valence-electron chi connectivity index (χ4n) is 9.31. The first-order chi connectivity index (χ1) is 32.5. The van der Waals surface area contributed by atoms with E-state index >= 15 is 22.0 Å². The first-order valence-electron chi connectivity index (χ1n) is 23.3. The number of aliphatic hydroxyl groups excluding tert-OH is 1. The molecule has 1 fully saturated rings. The predicted octanol–water partition coefficient (Wildman–Crippen LogP) is 8.16. The third-order valence-corrected chi connectivity index (χ3v) is 13.8. The van der Waals surface area contributed by atoms with E-state index in [9.17, 15) is 19.5 Å². The smallest absolute Gasteiger partial charge is 0.252 e. The Bertz CT molecular complexity index is 2600. The fraction of sp³-hybridized carbons (Fsp3) is 0.490. The van der Waals surface area contributed by atoms with E-state index in [0.717, 1.165) is 50.3 Å². The molecule has 7 rings (SSSR count). The highest BCUT2D eigenvalue weighted by molar-refractivity contribution is 7.13. The highest BCUT2D eigenvalue weighted by Gasteiger charge is 2.45. The van der Waals surface area contributed by atoms with E-state index in [0.29, 0.717) is 12.1 Å². The van der Waals surface area contributed by atoms with Gasteiger partial charge in [0.1, 0.15) is 35.1 Å². The number of para-hydroxylation sites is 1. The van der Waals surface area contributed by atoms with Crippen LogP contribution in [-0.4, -0.2) is 111 Å². The average Bonchev–Trinajstić information content (AvgIpc) is 3.99. The molecule has 3 amide bonds. The molecule has 5 N–H and O–H groups in total. The van der Waals surface area contributed by atoms with Crippen LogP contribution in [-0.2, 0) is 27.3 Å². The number of thiazole rings is 1. The number of rotatable bonds is 18. The van der Waals surface area contributed by atoms with Crippen LogP contribution in [0.5, 0.6) is 5.75 Å². The summed E-state index contributed by atoms with van der Waals surface area (Å²) in [6, 6.07) is 13.8. The molecule has 3 aromatic carbocycles. The lowest BCUT2D eigenvalue weighted by atomic mass is 9.85. The lowest BCUT2D eigenvalue weighted by Crippen LogP contribution is -2.58. The zero-order valence-corrected chi connectivity index (χ0v) is 40.8. The summed E-state index contributed by atoms with van der Waals surface area (Å²) in [5.74, 6) is -7.13. The zero-order chi connectivity index (χ0) is 50.0. The van der Waals surface area contributed by atoms with Gasteiger partial charge in [0.25, 0.3) is 5.92 Å². The van der Waals surface area contributed by atoms with Gasteiger partial charge in [0.15, 0.2) is 0 Å². The van der Waals surface area contributed by atoms with Crippen LogP contribution in [0.4, 0.5) is 22.0 Å². The van der Waals surface area contributed by atoms with E-state index in [4.69, 9.17) is 4.74 Å². The third kappa shape index (κ3) is 12.3. The highest BCUT2D eigenvalue weighted by Crippen LogP contribution is 2.44. The number of aryl methyl sites for hydroxylation is 1. The second-order valence-corrected chi connectivity index (χ2v) is 20.9. The van der Waals surface area contributed by atoms with Gasteiger partial charge in [-0.05, 0) is 62.3 Å². The summed E-state index contributed by atoms with van der Waals surface area (Å²) in [5.41, 5.74) is 3.98. The van der Waals surface area contributed by atoms with E-state index in [1.807, 2.05) is 62.4 Å². The molecule has 5 atom stereocenters. The number of hydrogen-bond acceptors (Lipinski definition) is 9. The van der Waals surface area contributed by atoms with Gasteiger partial charge in [0.05, 0.1) is 41.4 Å². The normalized spacial score (nSPS) is 19.4. The third-order valence-electron chi connectivity index (χ3n) is 12.8. The van der Waals surface area contributed by atoms with Crippen LogP contribution in [0, 0.1) is 24.0 Å². The van der Waals surface area contributed by atoms with Crippen molar-refractivity contribution >= 4 is 40.0 Å². The number of aromatic nitrogens is 2. The van der Waals surface area contributed by atoms with E-state index in [2.05, 4.69) is 25.9 Å². The largest absolute Gasteiger partial charge is 0.493 e. The number of nitrogens with one attached hydrogen (secondary N) is 4. The SMILES string of the molecule is Cc1ncsc1-c1ccc(CNC(=O)[C@@H]2C[C@@H](O)CN2C(=O)[C@@H](NC(=O)CNCCC(F)(F)CCOc2cc(F)c([C@@H]3c4[nH]c5ccccc5c4C[C@@H](C)N3CC(C)(C)F)c(F)c2)C(C)(C)C)cc1. The molecule has 0 aliphatic carbocycles. The number of H-pyrrole nitrogens is 1. The Morgan fingerprint density at radius 1 is 1.00 bits per heavy atom. The van der Waals surface area contributed by atoms with E-state index in [1.165, 1.54) is 30.1 Å². The number of nitrogens with zero attached hydrogens (tertiary/aromatic N) is 3. The number of likely N-dealkylation sites (tertiary alicyclic amines) is 1. The van der Waals surface area contributed by atoms with Crippen molar-refractivity contribution in [3.63, 3.8) is 0 Å². The van der Waals surface area contributed by atoms with Gasteiger partial charge in [0.2, 0.25) is 17.7 Å². The maximum absolute atomic E-state index is 16.1. The van der Waals surface area contributed by atoms with Crippen molar-refractivity contribution in [3.05, 3.63) is 106 Å². The van der Waals surface area contributed by atoms with Crippen LogP contribution in [0.3, 0.4) is 0 Å². The molecule has 372 valence electrons. The molecular formula is C51H62F5N7O5S. The molecular weight excluding hydrogens is 918 g/mol. The second-order valence-electron chi connectivity index (χ2n) is 20.0. The molecule has 0 saturated carbocycles. The van der Waals surface area contributed by atoms with Crippen molar-refractivity contribution in [2.45, 2.75) is 123 Å². The molecule has 4 heterocycles. The van der Waals surface area contributed by atoms with E-state index in [1.54, 1.807) is 31.2 Å². The van der Waals surface area contributed by atoms with Crippen LogP contribution in [0.2, 0.25) is 0 Å². The molecule has 0 spiro atoms. The van der Waals surface area contributed by atoms with E-state index < -0.39 is 96.6 Å². The monoisotopic (exact) mass is 979 g/mol. The van der Waals surface area contributed by atoms with Crippen molar-refractivity contribution in [3.8, 4) is 16.2 Å². The standard InChI is InChI=1S/C51H62F5N7O5S/c1-29-20-36-35-10-8-9-11-39(35)60-43(36)44(63(29)27-50(6,7)54)42-37(52)22-34(23-38(42)53)68-19-17-51(55,56)16-18-57-25-41(65)61-46(49(3,4)5)48(67)62-26-33(64)21-40(62)47(66)58-24-31-12-14-32(15-13-31)45-30(2)59-28-69-45/h8-15,22-23,28-29,33,40,44,46,57,60,64H,16-21,24-27H2,1-7H3,(H,58,66)(H,61,65)/t29-,33-,40+,44-,46-/m1/s1. The molecule has 5 aromatic rings. The molecule has 18 heteroatoms. The van der Waals surface area contributed by atoms with Gasteiger partial charge in [-0.2, -0.15) is 0 Å². The molecule has 0 unspecified atom stereocenters. The number of amides is 3. The van der Waals surface area contributed by atoms with Crippen molar-refractivity contribution in [2.75, 3.05) is 32.8 Å². The minimum Gasteiger partial charge on any atom is -0.493 e. The van der Waals surface area contributed by atoms with Crippen LogP contribution in [0.1, 0.15) is 94.9 Å². The van der Waals surface area contributed by atoms with E-state index in [-0.39, 0.29) is 50.0 Å². The number of β-amino-alcohol motifs (C(OH)–C–C–N with tert-alkyl or cyclic N) is 1. The van der Waals surface area contributed by atoms with Crippen molar-refractivity contribution < 1.29 is 46.2 Å². The Morgan fingerprint density at radius 2 is 1.70 bits per heavy atom. The summed E-state index contributed by atoms with van der Waals surface area (Å²) < 4.78 is 82.9. The van der Waals surface area contributed by atoms with Crippen LogP contribution in [0.15, 0.2) is 66.2 Å². The van der Waals surface area contributed by atoms with Crippen LogP contribution in [0.25, 0.3) is 21.3 Å². The molecule has 1 saturated heterocycles. The Kier molecular flexibility index (Phi) is 15.6. The highest BCUT2D eigenvalue weighted by atomic mass is 32.1. The molecule has 69 heavy (non-hydrogen) atoms. The summed E-state index contributed by atoms with van der Waals surface area (Å²) >= 11 is 1.54. The van der Waals surface area contributed by atoms with Gasteiger partial charge in [0, 0.05) is 85.8 Å². The topological polar surface area (TPSA) is 152 Å². The van der Waals surface area contributed by atoms with Gasteiger partial charge >= 0.3 is 0 Å².